The van der Waals surface area contributed by atoms with E-state index in [0.717, 1.165) is 6.42 Å². The molecule has 3 saturated carbocycles. The lowest BCUT2D eigenvalue weighted by Crippen LogP contribution is -2.64. The molecule has 0 aromatic heterocycles. The van der Waals surface area contributed by atoms with Gasteiger partial charge in [-0.05, 0) is 55.9 Å². The molecule has 3 aliphatic carbocycles. The Hall–Kier alpha value is -1.99. The summed E-state index contributed by atoms with van der Waals surface area (Å²) in [7, 11) is 4.74. The zero-order chi connectivity index (χ0) is 32.1. The van der Waals surface area contributed by atoms with E-state index < -0.39 is 58.8 Å². The summed E-state index contributed by atoms with van der Waals surface area (Å²) in [5, 5.41) is 25.2. The standard InChI is InChI=1S/C33H52O11/c1-21(34)43-30-28(44-23-12-10-22(39-7)11-13-23)26-25(41-20-40-18-17-37-5)9-8-15-32(26,4)29(35)27(42-19-38-6)24-14-16-33(30,36)31(24,2)3/h10-13,24-30,35-36H,8-9,14-20H2,1-7H3/t24?,25-,26-,27-,28-,29+,30+,32-,33?/m1/s1. The molecule has 0 saturated heterocycles. The highest BCUT2D eigenvalue weighted by Crippen LogP contribution is 2.61. The van der Waals surface area contributed by atoms with E-state index in [4.69, 9.17) is 37.9 Å². The van der Waals surface area contributed by atoms with Crippen molar-refractivity contribution in [1.82, 2.24) is 0 Å². The summed E-state index contributed by atoms with van der Waals surface area (Å²) in [6.45, 7) is 8.06. The van der Waals surface area contributed by atoms with Crippen molar-refractivity contribution in [2.45, 2.75) is 95.9 Å². The maximum Gasteiger partial charge on any atom is 0.303 e. The van der Waals surface area contributed by atoms with Crippen LogP contribution in [-0.4, -0.2) is 100 Å². The highest BCUT2D eigenvalue weighted by atomic mass is 16.7. The summed E-state index contributed by atoms with van der Waals surface area (Å²) < 4.78 is 47.2. The van der Waals surface area contributed by atoms with Crippen LogP contribution in [0.5, 0.6) is 11.5 Å². The summed E-state index contributed by atoms with van der Waals surface area (Å²) in [6.07, 6.45) is -1.15. The number of rotatable bonds is 13. The number of fused-ring (bicyclic) bond motifs is 3. The number of esters is 1. The van der Waals surface area contributed by atoms with E-state index in [1.54, 1.807) is 45.6 Å². The number of benzene rings is 1. The second kappa shape index (κ2) is 14.6. The lowest BCUT2D eigenvalue weighted by Gasteiger charge is -2.54. The Kier molecular flexibility index (Phi) is 11.6. The number of methoxy groups -OCH3 is 3. The molecule has 0 aliphatic heterocycles. The average Bonchev–Trinajstić information content (AvgIpc) is 3.24. The second-order valence-corrected chi connectivity index (χ2v) is 13.2. The number of aliphatic hydroxyl groups excluding tert-OH is 1. The van der Waals surface area contributed by atoms with E-state index >= 15 is 0 Å². The Labute approximate surface area is 261 Å². The third-order valence-electron chi connectivity index (χ3n) is 10.6. The van der Waals surface area contributed by atoms with E-state index in [9.17, 15) is 15.0 Å². The Morgan fingerprint density at radius 2 is 1.61 bits per heavy atom. The van der Waals surface area contributed by atoms with Gasteiger partial charge in [-0.2, -0.15) is 0 Å². The van der Waals surface area contributed by atoms with E-state index in [2.05, 4.69) is 0 Å². The molecule has 250 valence electrons. The van der Waals surface area contributed by atoms with Crippen LogP contribution < -0.4 is 9.47 Å². The molecular formula is C33H52O11. The molecule has 4 rings (SSSR count). The molecule has 2 N–H and O–H groups in total. The number of ether oxygens (including phenoxy) is 8. The lowest BCUT2D eigenvalue weighted by atomic mass is 9.58. The maximum absolute atomic E-state index is 12.8. The first-order chi connectivity index (χ1) is 20.9. The molecule has 0 spiro atoms. The Morgan fingerprint density at radius 1 is 0.909 bits per heavy atom. The highest BCUT2D eigenvalue weighted by molar-refractivity contribution is 5.66. The summed E-state index contributed by atoms with van der Waals surface area (Å²) >= 11 is 0. The van der Waals surface area contributed by atoms with Gasteiger partial charge >= 0.3 is 5.97 Å². The van der Waals surface area contributed by atoms with Gasteiger partial charge in [0.1, 0.15) is 36.8 Å². The van der Waals surface area contributed by atoms with Crippen molar-refractivity contribution in [3.05, 3.63) is 24.3 Å². The first-order valence-corrected chi connectivity index (χ1v) is 15.6. The molecule has 3 aliphatic rings. The fourth-order valence-electron chi connectivity index (χ4n) is 8.07. The van der Waals surface area contributed by atoms with Crippen LogP contribution in [0.1, 0.15) is 59.8 Å². The molecule has 11 heteroatoms. The number of carbonyl (C=O) groups is 1. The van der Waals surface area contributed by atoms with Gasteiger partial charge in [-0.25, -0.2) is 0 Å². The quantitative estimate of drug-likeness (QED) is 0.189. The number of hydrogen-bond donors (Lipinski definition) is 2. The monoisotopic (exact) mass is 624 g/mol. The van der Waals surface area contributed by atoms with Crippen molar-refractivity contribution in [2.75, 3.05) is 48.1 Å². The smallest absolute Gasteiger partial charge is 0.303 e. The molecule has 2 unspecified atom stereocenters. The van der Waals surface area contributed by atoms with Crippen molar-refractivity contribution in [2.24, 2.45) is 22.7 Å². The molecule has 1 aromatic carbocycles. The molecule has 0 radical (unpaired) electrons. The van der Waals surface area contributed by atoms with Crippen molar-refractivity contribution in [3.63, 3.8) is 0 Å². The lowest BCUT2D eigenvalue weighted by molar-refractivity contribution is -0.232. The van der Waals surface area contributed by atoms with E-state index in [0.29, 0.717) is 50.4 Å². The largest absolute Gasteiger partial charge is 0.497 e. The topological polar surface area (TPSA) is 131 Å². The first-order valence-electron chi connectivity index (χ1n) is 15.6. The Balaban J connectivity index is 1.89. The zero-order valence-electron chi connectivity index (χ0n) is 27.3. The van der Waals surface area contributed by atoms with Crippen LogP contribution in [0.15, 0.2) is 24.3 Å². The van der Waals surface area contributed by atoms with Crippen LogP contribution in [0.3, 0.4) is 0 Å². The van der Waals surface area contributed by atoms with Crippen molar-refractivity contribution >= 4 is 5.97 Å². The van der Waals surface area contributed by atoms with Gasteiger partial charge in [0.25, 0.3) is 0 Å². The van der Waals surface area contributed by atoms with Gasteiger partial charge in [-0.15, -0.1) is 0 Å². The highest BCUT2D eigenvalue weighted by Gasteiger charge is 2.69. The van der Waals surface area contributed by atoms with Gasteiger partial charge in [0.05, 0.1) is 38.6 Å². The van der Waals surface area contributed by atoms with Gasteiger partial charge in [0.2, 0.25) is 0 Å². The minimum Gasteiger partial charge on any atom is -0.497 e. The number of hydrogen-bond acceptors (Lipinski definition) is 11. The fourth-order valence-corrected chi connectivity index (χ4v) is 8.07. The molecule has 3 fully saturated rings. The third-order valence-corrected chi connectivity index (χ3v) is 10.6. The Bertz CT molecular complexity index is 1060. The summed E-state index contributed by atoms with van der Waals surface area (Å²) in [5.41, 5.74) is -3.20. The second-order valence-electron chi connectivity index (χ2n) is 13.2. The van der Waals surface area contributed by atoms with E-state index in [-0.39, 0.29) is 19.5 Å². The minimum atomic E-state index is -1.52. The fraction of sp³-hybridized carbons (Fsp3) is 0.788. The molecule has 2 bridgehead atoms. The Morgan fingerprint density at radius 3 is 2.25 bits per heavy atom. The van der Waals surface area contributed by atoms with Gasteiger partial charge in [0, 0.05) is 37.9 Å². The normalized spacial score (nSPS) is 36.4. The van der Waals surface area contributed by atoms with Crippen LogP contribution >= 0.6 is 0 Å². The van der Waals surface area contributed by atoms with Crippen LogP contribution in [0.25, 0.3) is 0 Å². The predicted molar refractivity (Wildman–Crippen MR) is 160 cm³/mol. The molecule has 9 atom stereocenters. The summed E-state index contributed by atoms with van der Waals surface area (Å²) in [4.78, 5) is 12.8. The van der Waals surface area contributed by atoms with Gasteiger partial charge in [-0.1, -0.05) is 27.2 Å². The number of aliphatic hydroxyl groups is 2. The van der Waals surface area contributed by atoms with Crippen LogP contribution in [0, 0.1) is 22.7 Å². The van der Waals surface area contributed by atoms with E-state index in [1.807, 2.05) is 20.8 Å². The van der Waals surface area contributed by atoms with Gasteiger partial charge < -0.3 is 48.1 Å². The van der Waals surface area contributed by atoms with Crippen LogP contribution in [0.2, 0.25) is 0 Å². The molecule has 11 nitrogen and oxygen atoms in total. The number of carbonyl (C=O) groups excluding carboxylic acids is 1. The minimum absolute atomic E-state index is 0.00613. The summed E-state index contributed by atoms with van der Waals surface area (Å²) in [6, 6.07) is 7.15. The molecule has 44 heavy (non-hydrogen) atoms. The first kappa shape index (κ1) is 34.9. The average molecular weight is 625 g/mol. The van der Waals surface area contributed by atoms with Gasteiger partial charge in [-0.3, -0.25) is 4.79 Å². The van der Waals surface area contributed by atoms with Gasteiger partial charge in [0.15, 0.2) is 6.10 Å². The molecule has 0 heterocycles. The zero-order valence-corrected chi connectivity index (χ0v) is 27.3. The predicted octanol–water partition coefficient (Wildman–Crippen LogP) is 3.72. The van der Waals surface area contributed by atoms with Crippen LogP contribution in [-0.2, 0) is 33.2 Å². The van der Waals surface area contributed by atoms with Crippen LogP contribution in [0.4, 0.5) is 0 Å². The maximum atomic E-state index is 12.8. The van der Waals surface area contributed by atoms with Crippen molar-refractivity contribution < 1.29 is 52.9 Å². The molecule has 0 amide bonds. The summed E-state index contributed by atoms with van der Waals surface area (Å²) in [5.74, 6) is -0.181. The molecule has 1 aromatic rings. The van der Waals surface area contributed by atoms with E-state index in [1.165, 1.54) is 6.92 Å². The van der Waals surface area contributed by atoms with Crippen molar-refractivity contribution in [3.8, 4) is 11.5 Å². The van der Waals surface area contributed by atoms with Crippen molar-refractivity contribution in [1.29, 1.82) is 0 Å². The molecular weight excluding hydrogens is 572 g/mol. The SMILES string of the molecule is COCCOCO[C@@H]1CCC[C@]2(C)[C@H]1[C@@H](Oc1ccc(OC)cc1)[C@H](OC(C)=O)C1(O)CCC([C@@H](OCOC)[C@@H]2O)C1(C)C. The third kappa shape index (κ3) is 6.74.